The molecule has 6 heteroatoms. The van der Waals surface area contributed by atoms with E-state index >= 15 is 0 Å². The molecule has 4 heterocycles. The molecule has 0 radical (unpaired) electrons. The standard InChI is InChI=1S/C17H18BrN5/c1-12-4-6-22(7-5-12)16-3-2-13(8-19-16)14-9-20-17-15(18)10-21-23(17)11-14/h2-3,8-12H,4-7H2,1H3. The monoisotopic (exact) mass is 371 g/mol. The zero-order valence-electron chi connectivity index (χ0n) is 13.0. The molecule has 3 aromatic rings. The van der Waals surface area contributed by atoms with Gasteiger partial charge < -0.3 is 4.90 Å². The van der Waals surface area contributed by atoms with Crippen molar-refractivity contribution in [1.29, 1.82) is 0 Å². The normalized spacial score (nSPS) is 16.2. The molecule has 1 aliphatic heterocycles. The van der Waals surface area contributed by atoms with Gasteiger partial charge in [0.1, 0.15) is 5.82 Å². The van der Waals surface area contributed by atoms with Crippen LogP contribution in [-0.2, 0) is 0 Å². The second-order valence-electron chi connectivity index (χ2n) is 6.18. The molecule has 5 nitrogen and oxygen atoms in total. The van der Waals surface area contributed by atoms with Gasteiger partial charge in [0.15, 0.2) is 5.65 Å². The number of pyridine rings is 1. The van der Waals surface area contributed by atoms with Gasteiger partial charge in [-0.3, -0.25) is 0 Å². The van der Waals surface area contributed by atoms with Crippen molar-refractivity contribution in [2.75, 3.05) is 18.0 Å². The summed E-state index contributed by atoms with van der Waals surface area (Å²) in [7, 11) is 0. The quantitative estimate of drug-likeness (QED) is 0.687. The van der Waals surface area contributed by atoms with Crippen LogP contribution in [0.2, 0.25) is 0 Å². The largest absolute Gasteiger partial charge is 0.357 e. The predicted molar refractivity (Wildman–Crippen MR) is 94.5 cm³/mol. The first-order valence-corrected chi connectivity index (χ1v) is 8.70. The van der Waals surface area contributed by atoms with E-state index in [9.17, 15) is 0 Å². The number of anilines is 1. The maximum Gasteiger partial charge on any atom is 0.169 e. The van der Waals surface area contributed by atoms with Crippen LogP contribution in [0.15, 0.2) is 41.4 Å². The van der Waals surface area contributed by atoms with Gasteiger partial charge in [0.05, 0.1) is 10.7 Å². The second-order valence-corrected chi connectivity index (χ2v) is 7.03. The van der Waals surface area contributed by atoms with Crippen molar-refractivity contribution >= 4 is 27.4 Å². The zero-order chi connectivity index (χ0) is 15.8. The molecule has 3 aromatic heterocycles. The Morgan fingerprint density at radius 1 is 1.04 bits per heavy atom. The molecule has 1 saturated heterocycles. The summed E-state index contributed by atoms with van der Waals surface area (Å²) < 4.78 is 2.68. The fourth-order valence-corrected chi connectivity index (χ4v) is 3.35. The minimum atomic E-state index is 0.820. The lowest BCUT2D eigenvalue weighted by Gasteiger charge is -2.31. The van der Waals surface area contributed by atoms with Gasteiger partial charge in [-0.2, -0.15) is 5.10 Å². The fraction of sp³-hybridized carbons (Fsp3) is 0.353. The number of piperidine rings is 1. The maximum absolute atomic E-state index is 4.65. The van der Waals surface area contributed by atoms with Crippen LogP contribution in [0.3, 0.4) is 0 Å². The van der Waals surface area contributed by atoms with Crippen LogP contribution in [-0.4, -0.2) is 32.7 Å². The molecule has 23 heavy (non-hydrogen) atoms. The van der Waals surface area contributed by atoms with E-state index in [1.807, 2.05) is 18.6 Å². The van der Waals surface area contributed by atoms with Crippen LogP contribution in [0.1, 0.15) is 19.8 Å². The van der Waals surface area contributed by atoms with Crippen LogP contribution in [0.5, 0.6) is 0 Å². The minimum Gasteiger partial charge on any atom is -0.357 e. The van der Waals surface area contributed by atoms with Crippen molar-refractivity contribution in [3.05, 3.63) is 41.4 Å². The highest BCUT2D eigenvalue weighted by Crippen LogP contribution is 2.25. The van der Waals surface area contributed by atoms with Gasteiger partial charge in [0.2, 0.25) is 0 Å². The van der Waals surface area contributed by atoms with E-state index in [4.69, 9.17) is 0 Å². The average molecular weight is 372 g/mol. The van der Waals surface area contributed by atoms with Gasteiger partial charge in [0, 0.05) is 42.8 Å². The average Bonchev–Trinajstić information content (AvgIpc) is 2.96. The molecule has 0 saturated carbocycles. The molecule has 0 N–H and O–H groups in total. The highest BCUT2D eigenvalue weighted by Gasteiger charge is 2.16. The summed E-state index contributed by atoms with van der Waals surface area (Å²) in [6.45, 7) is 4.52. The van der Waals surface area contributed by atoms with Crippen LogP contribution in [0.4, 0.5) is 5.82 Å². The van der Waals surface area contributed by atoms with E-state index in [1.165, 1.54) is 12.8 Å². The number of nitrogens with zero attached hydrogens (tertiary/aromatic N) is 5. The Bertz CT molecular complexity index is 819. The van der Waals surface area contributed by atoms with Crippen molar-refractivity contribution in [1.82, 2.24) is 19.6 Å². The molecule has 1 aliphatic rings. The van der Waals surface area contributed by atoms with Crippen molar-refractivity contribution in [3.63, 3.8) is 0 Å². The van der Waals surface area contributed by atoms with Gasteiger partial charge in [-0.15, -0.1) is 0 Å². The van der Waals surface area contributed by atoms with E-state index in [0.29, 0.717) is 0 Å². The van der Waals surface area contributed by atoms with Crippen molar-refractivity contribution in [3.8, 4) is 11.1 Å². The summed E-state index contributed by atoms with van der Waals surface area (Å²) in [6.07, 6.45) is 10.0. The Morgan fingerprint density at radius 2 is 1.83 bits per heavy atom. The Labute approximate surface area is 143 Å². The van der Waals surface area contributed by atoms with E-state index in [1.54, 1.807) is 10.7 Å². The SMILES string of the molecule is CC1CCN(c2ccc(-c3cnc4c(Br)cnn4c3)cn2)CC1. The first-order chi connectivity index (χ1) is 11.2. The Hall–Kier alpha value is -1.95. The number of hydrogen-bond acceptors (Lipinski definition) is 4. The van der Waals surface area contributed by atoms with Crippen LogP contribution in [0.25, 0.3) is 16.8 Å². The Balaban J connectivity index is 1.59. The summed E-state index contributed by atoms with van der Waals surface area (Å²) in [5.41, 5.74) is 2.89. The van der Waals surface area contributed by atoms with Crippen molar-refractivity contribution in [2.45, 2.75) is 19.8 Å². The first kappa shape index (κ1) is 14.6. The Morgan fingerprint density at radius 3 is 2.57 bits per heavy atom. The van der Waals surface area contributed by atoms with Crippen molar-refractivity contribution < 1.29 is 0 Å². The van der Waals surface area contributed by atoms with Gasteiger partial charge >= 0.3 is 0 Å². The smallest absolute Gasteiger partial charge is 0.169 e. The minimum absolute atomic E-state index is 0.820. The molecule has 0 aliphatic carbocycles. The Kier molecular flexibility index (Phi) is 3.77. The van der Waals surface area contributed by atoms with Gasteiger partial charge in [-0.25, -0.2) is 14.5 Å². The third kappa shape index (κ3) is 2.83. The van der Waals surface area contributed by atoms with Crippen LogP contribution in [0, 0.1) is 5.92 Å². The second kappa shape index (κ2) is 5.92. The van der Waals surface area contributed by atoms with E-state index in [0.717, 1.165) is 46.1 Å². The van der Waals surface area contributed by atoms with E-state index in [2.05, 4.69) is 55.0 Å². The lowest BCUT2D eigenvalue weighted by atomic mass is 9.99. The van der Waals surface area contributed by atoms with Gasteiger partial charge in [-0.1, -0.05) is 6.92 Å². The number of halogens is 1. The molecule has 0 amide bonds. The highest BCUT2D eigenvalue weighted by molar-refractivity contribution is 9.10. The number of aromatic nitrogens is 4. The summed E-state index contributed by atoms with van der Waals surface area (Å²) in [5.74, 6) is 1.90. The first-order valence-electron chi connectivity index (χ1n) is 7.91. The van der Waals surface area contributed by atoms with Crippen LogP contribution >= 0.6 is 15.9 Å². The van der Waals surface area contributed by atoms with E-state index < -0.39 is 0 Å². The molecular formula is C17H18BrN5. The number of fused-ring (bicyclic) bond motifs is 1. The topological polar surface area (TPSA) is 46.3 Å². The molecule has 0 spiro atoms. The number of hydrogen-bond donors (Lipinski definition) is 0. The summed E-state index contributed by atoms with van der Waals surface area (Å²) >= 11 is 3.44. The molecule has 0 atom stereocenters. The molecule has 0 unspecified atom stereocenters. The summed E-state index contributed by atoms with van der Waals surface area (Å²) in [4.78, 5) is 11.5. The molecule has 1 fully saturated rings. The lowest BCUT2D eigenvalue weighted by Crippen LogP contribution is -2.33. The maximum atomic E-state index is 4.65. The molecule has 0 aromatic carbocycles. The fourth-order valence-electron chi connectivity index (χ4n) is 2.98. The number of rotatable bonds is 2. The third-order valence-electron chi connectivity index (χ3n) is 4.50. The molecule has 0 bridgehead atoms. The third-order valence-corrected chi connectivity index (χ3v) is 5.06. The lowest BCUT2D eigenvalue weighted by molar-refractivity contribution is 0.436. The van der Waals surface area contributed by atoms with Crippen molar-refractivity contribution in [2.24, 2.45) is 5.92 Å². The summed E-state index contributed by atoms with van der Waals surface area (Å²) in [6, 6.07) is 4.22. The molecule has 4 rings (SSSR count). The van der Waals surface area contributed by atoms with E-state index in [-0.39, 0.29) is 0 Å². The van der Waals surface area contributed by atoms with Gasteiger partial charge in [0.25, 0.3) is 0 Å². The highest BCUT2D eigenvalue weighted by atomic mass is 79.9. The van der Waals surface area contributed by atoms with Gasteiger partial charge in [-0.05, 0) is 46.8 Å². The summed E-state index contributed by atoms with van der Waals surface area (Å²) in [5, 5.41) is 4.28. The molecule has 118 valence electrons. The predicted octanol–water partition coefficient (Wildman–Crippen LogP) is 3.79. The zero-order valence-corrected chi connectivity index (χ0v) is 14.6. The van der Waals surface area contributed by atoms with Crippen LogP contribution < -0.4 is 4.90 Å². The molecular weight excluding hydrogens is 354 g/mol.